The molecular formula is C21H24O8. The normalized spacial score (nSPS) is 27.2. The quantitative estimate of drug-likeness (QED) is 0.542. The SMILES string of the molecule is COC(=O)c1ccc(C2CC3CC2C(C(=O)OC)C3C(=O)OC)cc1C(=O)OC. The molecule has 0 aliphatic heterocycles. The Labute approximate surface area is 168 Å². The summed E-state index contributed by atoms with van der Waals surface area (Å²) in [6, 6.07) is 4.90. The van der Waals surface area contributed by atoms with Crippen LogP contribution in [0, 0.1) is 23.7 Å². The minimum atomic E-state index is -0.646. The maximum absolute atomic E-state index is 12.5. The summed E-state index contributed by atoms with van der Waals surface area (Å²) in [5, 5.41) is 0. The lowest BCUT2D eigenvalue weighted by Crippen LogP contribution is -2.38. The van der Waals surface area contributed by atoms with Crippen LogP contribution in [0.1, 0.15) is 45.0 Å². The van der Waals surface area contributed by atoms with E-state index < -0.39 is 35.7 Å². The number of hydrogen-bond acceptors (Lipinski definition) is 8. The van der Waals surface area contributed by atoms with Crippen molar-refractivity contribution in [3.8, 4) is 0 Å². The Morgan fingerprint density at radius 2 is 1.34 bits per heavy atom. The zero-order chi connectivity index (χ0) is 21.3. The first kappa shape index (κ1) is 20.8. The first-order valence-electron chi connectivity index (χ1n) is 9.34. The minimum absolute atomic E-state index is 0.0107. The van der Waals surface area contributed by atoms with E-state index in [-0.39, 0.29) is 28.9 Å². The zero-order valence-corrected chi connectivity index (χ0v) is 16.8. The average Bonchev–Trinajstić information content (AvgIpc) is 3.35. The molecule has 0 saturated heterocycles. The predicted molar refractivity (Wildman–Crippen MR) is 99.1 cm³/mol. The van der Waals surface area contributed by atoms with Gasteiger partial charge in [0.2, 0.25) is 0 Å². The summed E-state index contributed by atoms with van der Waals surface area (Å²) < 4.78 is 19.4. The van der Waals surface area contributed by atoms with Gasteiger partial charge in [-0.05, 0) is 48.3 Å². The molecule has 0 N–H and O–H groups in total. The van der Waals surface area contributed by atoms with Crippen molar-refractivity contribution < 1.29 is 38.1 Å². The second kappa shape index (κ2) is 8.23. The summed E-state index contributed by atoms with van der Waals surface area (Å²) in [5.74, 6) is -3.43. The van der Waals surface area contributed by atoms with Gasteiger partial charge >= 0.3 is 23.9 Å². The topological polar surface area (TPSA) is 105 Å². The molecule has 2 saturated carbocycles. The van der Waals surface area contributed by atoms with Crippen LogP contribution in [0.4, 0.5) is 0 Å². The van der Waals surface area contributed by atoms with Crippen LogP contribution in [0.2, 0.25) is 0 Å². The molecule has 0 spiro atoms. The van der Waals surface area contributed by atoms with E-state index in [0.717, 1.165) is 5.56 Å². The molecular weight excluding hydrogens is 380 g/mol. The van der Waals surface area contributed by atoms with E-state index in [4.69, 9.17) is 18.9 Å². The highest BCUT2D eigenvalue weighted by atomic mass is 16.5. The molecule has 8 nitrogen and oxygen atoms in total. The molecule has 0 heterocycles. The zero-order valence-electron chi connectivity index (χ0n) is 16.8. The van der Waals surface area contributed by atoms with Crippen molar-refractivity contribution in [2.24, 2.45) is 23.7 Å². The molecule has 3 rings (SSSR count). The van der Waals surface area contributed by atoms with Gasteiger partial charge in [-0.1, -0.05) is 6.07 Å². The summed E-state index contributed by atoms with van der Waals surface area (Å²) in [7, 11) is 5.09. The Morgan fingerprint density at radius 3 is 1.93 bits per heavy atom. The second-order valence-corrected chi connectivity index (χ2v) is 7.39. The lowest BCUT2D eigenvalue weighted by molar-refractivity contribution is -0.160. The van der Waals surface area contributed by atoms with Crippen molar-refractivity contribution in [3.05, 3.63) is 34.9 Å². The number of rotatable bonds is 5. The van der Waals surface area contributed by atoms with E-state index in [9.17, 15) is 19.2 Å². The lowest BCUT2D eigenvalue weighted by atomic mass is 9.71. The van der Waals surface area contributed by atoms with Gasteiger partial charge in [-0.2, -0.15) is 0 Å². The Bertz CT molecular complexity index is 845. The predicted octanol–water partition coefficient (Wildman–Crippen LogP) is 1.96. The van der Waals surface area contributed by atoms with E-state index in [1.165, 1.54) is 34.5 Å². The fourth-order valence-corrected chi connectivity index (χ4v) is 5.04. The Morgan fingerprint density at radius 1 is 0.759 bits per heavy atom. The van der Waals surface area contributed by atoms with Crippen molar-refractivity contribution >= 4 is 23.9 Å². The molecule has 0 amide bonds. The third-order valence-corrected chi connectivity index (χ3v) is 6.23. The summed E-state index contributed by atoms with van der Waals surface area (Å²) in [4.78, 5) is 48.9. The third kappa shape index (κ3) is 3.47. The number of methoxy groups -OCH3 is 4. The van der Waals surface area contributed by atoms with Gasteiger partial charge in [0.25, 0.3) is 0 Å². The molecule has 5 atom stereocenters. The largest absolute Gasteiger partial charge is 0.469 e. The maximum Gasteiger partial charge on any atom is 0.338 e. The molecule has 2 aliphatic rings. The number of ether oxygens (including phenoxy) is 4. The Balaban J connectivity index is 1.98. The van der Waals surface area contributed by atoms with Crippen molar-refractivity contribution in [1.82, 2.24) is 0 Å². The fourth-order valence-electron chi connectivity index (χ4n) is 5.04. The summed E-state index contributed by atoms with van der Waals surface area (Å²) in [6.45, 7) is 0. The van der Waals surface area contributed by atoms with E-state index >= 15 is 0 Å². The van der Waals surface area contributed by atoms with Gasteiger partial charge in [0.15, 0.2) is 0 Å². The number of hydrogen-bond donors (Lipinski definition) is 0. The Kier molecular flexibility index (Phi) is 5.91. The molecule has 2 aliphatic carbocycles. The van der Waals surface area contributed by atoms with Gasteiger partial charge in [0.1, 0.15) is 0 Å². The van der Waals surface area contributed by atoms with Crippen LogP contribution < -0.4 is 0 Å². The second-order valence-electron chi connectivity index (χ2n) is 7.39. The first-order valence-corrected chi connectivity index (χ1v) is 9.34. The van der Waals surface area contributed by atoms with Crippen LogP contribution in [0.15, 0.2) is 18.2 Å². The van der Waals surface area contributed by atoms with Crippen molar-refractivity contribution in [2.75, 3.05) is 28.4 Å². The molecule has 1 aromatic rings. The summed E-state index contributed by atoms with van der Waals surface area (Å²) in [5.41, 5.74) is 1.03. The van der Waals surface area contributed by atoms with E-state index in [1.54, 1.807) is 12.1 Å². The Hall–Kier alpha value is -2.90. The fraction of sp³-hybridized carbons (Fsp3) is 0.524. The van der Waals surface area contributed by atoms with Crippen LogP contribution in [-0.4, -0.2) is 52.3 Å². The maximum atomic E-state index is 12.5. The number of benzene rings is 1. The van der Waals surface area contributed by atoms with Gasteiger partial charge < -0.3 is 18.9 Å². The standard InChI is InChI=1S/C21H24O8/c1-26-18(22)12-6-5-10(7-15(12)19(23)27-2)13-8-11-9-14(13)17(21(25)29-4)16(11)20(24)28-3/h5-7,11,13-14,16-17H,8-9H2,1-4H3. The van der Waals surface area contributed by atoms with Gasteiger partial charge in [0.05, 0.1) is 51.4 Å². The molecule has 1 aromatic carbocycles. The van der Waals surface area contributed by atoms with Crippen LogP contribution in [0.5, 0.6) is 0 Å². The van der Waals surface area contributed by atoms with Gasteiger partial charge in [0, 0.05) is 0 Å². The van der Waals surface area contributed by atoms with Crippen LogP contribution in [-0.2, 0) is 28.5 Å². The van der Waals surface area contributed by atoms with Gasteiger partial charge in [-0.25, -0.2) is 9.59 Å². The highest BCUT2D eigenvalue weighted by Crippen LogP contribution is 2.59. The summed E-state index contributed by atoms with van der Waals surface area (Å²) >= 11 is 0. The van der Waals surface area contributed by atoms with Crippen LogP contribution >= 0.6 is 0 Å². The minimum Gasteiger partial charge on any atom is -0.469 e. The number of esters is 4. The molecule has 5 unspecified atom stereocenters. The average molecular weight is 404 g/mol. The monoisotopic (exact) mass is 404 g/mol. The number of carbonyl (C=O) groups excluding carboxylic acids is 4. The first-order chi connectivity index (χ1) is 13.9. The molecule has 0 aromatic heterocycles. The van der Waals surface area contributed by atoms with E-state index in [2.05, 4.69) is 0 Å². The number of carbonyl (C=O) groups is 4. The molecule has 29 heavy (non-hydrogen) atoms. The van der Waals surface area contributed by atoms with E-state index in [1.807, 2.05) is 0 Å². The highest BCUT2D eigenvalue weighted by Gasteiger charge is 2.59. The third-order valence-electron chi connectivity index (χ3n) is 6.23. The van der Waals surface area contributed by atoms with Crippen LogP contribution in [0.3, 0.4) is 0 Å². The molecule has 156 valence electrons. The molecule has 0 radical (unpaired) electrons. The summed E-state index contributed by atoms with van der Waals surface area (Å²) in [6.07, 6.45) is 1.37. The van der Waals surface area contributed by atoms with Crippen LogP contribution in [0.25, 0.3) is 0 Å². The van der Waals surface area contributed by atoms with Crippen molar-refractivity contribution in [3.63, 3.8) is 0 Å². The molecule has 2 bridgehead atoms. The highest BCUT2D eigenvalue weighted by molar-refractivity contribution is 6.03. The molecule has 2 fully saturated rings. The van der Waals surface area contributed by atoms with Gasteiger partial charge in [-0.3, -0.25) is 9.59 Å². The molecule has 8 heteroatoms. The number of fused-ring (bicyclic) bond motifs is 2. The van der Waals surface area contributed by atoms with Crippen molar-refractivity contribution in [2.45, 2.75) is 18.8 Å². The van der Waals surface area contributed by atoms with E-state index in [0.29, 0.717) is 12.8 Å². The van der Waals surface area contributed by atoms with Crippen molar-refractivity contribution in [1.29, 1.82) is 0 Å². The van der Waals surface area contributed by atoms with Gasteiger partial charge in [-0.15, -0.1) is 0 Å². The smallest absolute Gasteiger partial charge is 0.338 e. The lowest BCUT2D eigenvalue weighted by Gasteiger charge is -2.33.